The van der Waals surface area contributed by atoms with E-state index in [1.165, 1.54) is 0 Å². The van der Waals surface area contributed by atoms with Gasteiger partial charge in [-0.2, -0.15) is 0 Å². The van der Waals surface area contributed by atoms with Crippen molar-refractivity contribution >= 4 is 17.8 Å². The molecule has 156 valence electrons. The Morgan fingerprint density at radius 3 is 1.70 bits per heavy atom. The predicted molar refractivity (Wildman–Crippen MR) is 91.6 cm³/mol. The minimum Gasteiger partial charge on any atom is -0.382 e. The van der Waals surface area contributed by atoms with Gasteiger partial charge in [0.25, 0.3) is 11.8 Å². The van der Waals surface area contributed by atoms with Gasteiger partial charge >= 0.3 is 5.97 Å². The summed E-state index contributed by atoms with van der Waals surface area (Å²) in [6.45, 7) is 4.28. The van der Waals surface area contributed by atoms with Crippen LogP contribution in [0.25, 0.3) is 0 Å². The fraction of sp³-hybridized carbons (Fsp3) is 0.824. The minimum atomic E-state index is -0.623. The van der Waals surface area contributed by atoms with Crippen LogP contribution < -0.4 is 0 Å². The molecule has 0 N–H and O–H groups in total. The minimum absolute atomic E-state index is 0.0677. The molecule has 0 radical (unpaired) electrons. The highest BCUT2D eigenvalue weighted by Gasteiger charge is 2.32. The van der Waals surface area contributed by atoms with Gasteiger partial charge in [0.05, 0.1) is 59.3 Å². The number of carbonyl (C=O) groups is 3. The predicted octanol–water partition coefficient (Wildman–Crippen LogP) is 0.0866. The Labute approximate surface area is 158 Å². The van der Waals surface area contributed by atoms with Crippen molar-refractivity contribution in [2.75, 3.05) is 66.6 Å². The van der Waals surface area contributed by atoms with Gasteiger partial charge in [-0.3, -0.25) is 9.59 Å². The van der Waals surface area contributed by atoms with E-state index in [1.54, 1.807) is 7.11 Å². The lowest BCUT2D eigenvalue weighted by molar-refractivity contribution is -0.197. The molecule has 10 heteroatoms. The first-order chi connectivity index (χ1) is 13.1. The molecule has 1 rings (SSSR count). The number of imide groups is 1. The molecule has 27 heavy (non-hydrogen) atoms. The maximum absolute atomic E-state index is 11.5. The molecule has 1 fully saturated rings. The maximum atomic E-state index is 11.5. The van der Waals surface area contributed by atoms with Gasteiger partial charge in [0, 0.05) is 26.6 Å². The van der Waals surface area contributed by atoms with Crippen molar-refractivity contribution < 1.29 is 42.9 Å². The smallest absolute Gasteiger partial charge is 0.333 e. The van der Waals surface area contributed by atoms with Gasteiger partial charge in [0.1, 0.15) is 0 Å². The summed E-state index contributed by atoms with van der Waals surface area (Å²) in [4.78, 5) is 38.9. The lowest BCUT2D eigenvalue weighted by Crippen LogP contribution is -2.32. The highest BCUT2D eigenvalue weighted by Crippen LogP contribution is 2.12. The van der Waals surface area contributed by atoms with Crippen molar-refractivity contribution in [2.24, 2.45) is 0 Å². The van der Waals surface area contributed by atoms with Gasteiger partial charge in [0.2, 0.25) is 0 Å². The van der Waals surface area contributed by atoms with E-state index < -0.39 is 17.8 Å². The summed E-state index contributed by atoms with van der Waals surface area (Å²) < 4.78 is 26.1. The number of hydrogen-bond acceptors (Lipinski definition) is 9. The molecule has 1 aliphatic rings. The second-order valence-corrected chi connectivity index (χ2v) is 5.59. The normalized spacial score (nSPS) is 14.2. The highest BCUT2D eigenvalue weighted by atomic mass is 16.7. The molecule has 2 amide bonds. The Morgan fingerprint density at radius 2 is 1.22 bits per heavy atom. The zero-order chi connectivity index (χ0) is 19.7. The molecular formula is C17H29NO9. The van der Waals surface area contributed by atoms with Crippen molar-refractivity contribution in [2.45, 2.75) is 25.7 Å². The van der Waals surface area contributed by atoms with Gasteiger partial charge in [-0.1, -0.05) is 0 Å². The van der Waals surface area contributed by atoms with Gasteiger partial charge in [-0.15, -0.1) is 5.06 Å². The molecule has 0 unspecified atom stereocenters. The fourth-order valence-corrected chi connectivity index (χ4v) is 2.03. The van der Waals surface area contributed by atoms with E-state index in [9.17, 15) is 14.4 Å². The quantitative estimate of drug-likeness (QED) is 0.252. The van der Waals surface area contributed by atoms with Gasteiger partial charge in [-0.25, -0.2) is 4.79 Å². The Balaban J connectivity index is 1.80. The van der Waals surface area contributed by atoms with E-state index in [1.807, 2.05) is 0 Å². The molecule has 1 heterocycles. The molecule has 1 saturated heterocycles. The van der Waals surface area contributed by atoms with E-state index in [-0.39, 0.29) is 19.3 Å². The van der Waals surface area contributed by atoms with Gasteiger partial charge in [0.15, 0.2) is 0 Å². The van der Waals surface area contributed by atoms with Crippen LogP contribution in [0.3, 0.4) is 0 Å². The average molecular weight is 391 g/mol. The number of rotatable bonds is 17. The summed E-state index contributed by atoms with van der Waals surface area (Å²) in [6.07, 6.45) is 0.671. The topological polar surface area (TPSA) is 110 Å². The zero-order valence-corrected chi connectivity index (χ0v) is 15.8. The maximum Gasteiger partial charge on any atom is 0.333 e. The Morgan fingerprint density at radius 1 is 0.778 bits per heavy atom. The number of amides is 2. The molecule has 0 aromatic rings. The third-order valence-electron chi connectivity index (χ3n) is 3.42. The van der Waals surface area contributed by atoms with Crippen molar-refractivity contribution in [1.29, 1.82) is 0 Å². The summed E-state index contributed by atoms with van der Waals surface area (Å²) in [7, 11) is 1.62. The summed E-state index contributed by atoms with van der Waals surface area (Å²) in [5.41, 5.74) is 0. The molecule has 1 aliphatic heterocycles. The highest BCUT2D eigenvalue weighted by molar-refractivity contribution is 6.01. The first kappa shape index (κ1) is 23.4. The molecule has 0 aromatic heterocycles. The van der Waals surface area contributed by atoms with Crippen LogP contribution in [0.1, 0.15) is 25.7 Å². The summed E-state index contributed by atoms with van der Waals surface area (Å²) in [6, 6.07) is 0. The second kappa shape index (κ2) is 15.5. The van der Waals surface area contributed by atoms with Gasteiger partial charge < -0.3 is 28.5 Å². The molecule has 0 spiro atoms. The zero-order valence-electron chi connectivity index (χ0n) is 15.8. The molecule has 10 nitrogen and oxygen atoms in total. The molecule has 0 saturated carbocycles. The van der Waals surface area contributed by atoms with Crippen molar-refractivity contribution in [3.63, 3.8) is 0 Å². The Kier molecular flexibility index (Phi) is 13.4. The lowest BCUT2D eigenvalue weighted by Gasteiger charge is -2.12. The number of ether oxygens (including phenoxy) is 5. The van der Waals surface area contributed by atoms with Crippen molar-refractivity contribution in [1.82, 2.24) is 5.06 Å². The van der Waals surface area contributed by atoms with Crippen LogP contribution in [0.15, 0.2) is 0 Å². The molecule has 0 aromatic carbocycles. The van der Waals surface area contributed by atoms with E-state index >= 15 is 0 Å². The summed E-state index contributed by atoms with van der Waals surface area (Å²) >= 11 is 0. The monoisotopic (exact) mass is 391 g/mol. The Bertz CT molecular complexity index is 428. The van der Waals surface area contributed by atoms with Crippen LogP contribution in [-0.2, 0) is 42.9 Å². The van der Waals surface area contributed by atoms with Crippen molar-refractivity contribution in [3.8, 4) is 0 Å². The van der Waals surface area contributed by atoms with E-state index in [0.29, 0.717) is 70.9 Å². The number of methoxy groups -OCH3 is 1. The molecule has 0 atom stereocenters. The van der Waals surface area contributed by atoms with E-state index in [0.717, 1.165) is 0 Å². The number of carbonyl (C=O) groups excluding carboxylic acids is 3. The third kappa shape index (κ3) is 11.7. The summed E-state index contributed by atoms with van der Waals surface area (Å²) in [5.74, 6) is -1.59. The standard InChI is InChI=1S/C17H29NO9/c1-22-7-8-24-11-12-26-14-13-25-10-9-23-6-2-3-17(21)27-18-15(19)4-5-16(18)20/h2-14H2,1H3. The third-order valence-corrected chi connectivity index (χ3v) is 3.42. The second-order valence-electron chi connectivity index (χ2n) is 5.59. The fourth-order valence-electron chi connectivity index (χ4n) is 2.03. The first-order valence-electron chi connectivity index (χ1n) is 9.01. The lowest BCUT2D eigenvalue weighted by atomic mass is 10.3. The van der Waals surface area contributed by atoms with Crippen LogP contribution in [0.2, 0.25) is 0 Å². The van der Waals surface area contributed by atoms with E-state index in [4.69, 9.17) is 28.5 Å². The van der Waals surface area contributed by atoms with Gasteiger partial charge in [-0.05, 0) is 6.42 Å². The first-order valence-corrected chi connectivity index (χ1v) is 9.01. The van der Waals surface area contributed by atoms with Crippen LogP contribution in [0.4, 0.5) is 0 Å². The molecule has 0 aliphatic carbocycles. The molecular weight excluding hydrogens is 362 g/mol. The van der Waals surface area contributed by atoms with E-state index in [2.05, 4.69) is 0 Å². The average Bonchev–Trinajstić information content (AvgIpc) is 2.97. The van der Waals surface area contributed by atoms with Crippen molar-refractivity contribution in [3.05, 3.63) is 0 Å². The Hall–Kier alpha value is -1.59. The number of hydroxylamine groups is 2. The van der Waals surface area contributed by atoms with Crippen LogP contribution in [-0.4, -0.2) is 89.4 Å². The van der Waals surface area contributed by atoms with Crippen LogP contribution in [0.5, 0.6) is 0 Å². The largest absolute Gasteiger partial charge is 0.382 e. The number of nitrogens with zero attached hydrogens (tertiary/aromatic N) is 1. The van der Waals surface area contributed by atoms with Crippen LogP contribution >= 0.6 is 0 Å². The molecule has 0 bridgehead atoms. The van der Waals surface area contributed by atoms with Crippen LogP contribution in [0, 0.1) is 0 Å². The number of hydrogen-bond donors (Lipinski definition) is 0. The summed E-state index contributed by atoms with van der Waals surface area (Å²) in [5, 5.41) is 0.546. The SMILES string of the molecule is COCCOCCOCCOCCOCCCC(=O)ON1C(=O)CCC1=O.